The summed E-state index contributed by atoms with van der Waals surface area (Å²) in [6, 6.07) is 0.630. The van der Waals surface area contributed by atoms with Crippen LogP contribution in [0.15, 0.2) is 0 Å². The average Bonchev–Trinajstić information content (AvgIpc) is 2.46. The van der Waals surface area contributed by atoms with Gasteiger partial charge in [-0.1, -0.05) is 27.2 Å². The van der Waals surface area contributed by atoms with Crippen LogP contribution in [0, 0.1) is 23.2 Å². The van der Waals surface area contributed by atoms with E-state index in [1.165, 1.54) is 19.3 Å². The van der Waals surface area contributed by atoms with E-state index in [4.69, 9.17) is 4.74 Å². The zero-order valence-electron chi connectivity index (χ0n) is 13.5. The topological polar surface area (TPSA) is 41.5 Å². The van der Waals surface area contributed by atoms with Crippen molar-refractivity contribution in [3.63, 3.8) is 0 Å². The number of hydrogen-bond acceptors (Lipinski definition) is 3. The largest absolute Gasteiger partial charge is 0.396 e. The minimum atomic E-state index is 0.0560. The first kappa shape index (κ1) is 16.3. The lowest BCUT2D eigenvalue weighted by molar-refractivity contribution is -0.0192. The average molecular weight is 283 g/mol. The number of hydrogen-bond donors (Lipinski definition) is 2. The van der Waals surface area contributed by atoms with E-state index in [2.05, 4.69) is 26.1 Å². The van der Waals surface area contributed by atoms with Crippen LogP contribution in [0.2, 0.25) is 0 Å². The van der Waals surface area contributed by atoms with Gasteiger partial charge in [0, 0.05) is 31.2 Å². The molecule has 2 rings (SSSR count). The molecule has 3 heteroatoms. The van der Waals surface area contributed by atoms with E-state index < -0.39 is 0 Å². The molecule has 2 aliphatic rings. The van der Waals surface area contributed by atoms with E-state index >= 15 is 0 Å². The van der Waals surface area contributed by atoms with Gasteiger partial charge in [0.15, 0.2) is 0 Å². The number of nitrogens with one attached hydrogen (secondary N) is 1. The van der Waals surface area contributed by atoms with Crippen LogP contribution in [0.5, 0.6) is 0 Å². The van der Waals surface area contributed by atoms with E-state index in [-0.39, 0.29) is 12.0 Å². The molecule has 3 atom stereocenters. The monoisotopic (exact) mass is 283 g/mol. The standard InChI is InChI=1S/C17H33NO2/c1-13(2)15-5-4-14(3)10-16(15)18-11-17(12-19)6-8-20-9-7-17/h13-16,18-19H,4-12H2,1-3H3. The summed E-state index contributed by atoms with van der Waals surface area (Å²) in [7, 11) is 0. The van der Waals surface area contributed by atoms with Crippen molar-refractivity contribution in [1.82, 2.24) is 5.32 Å². The number of rotatable bonds is 5. The summed E-state index contributed by atoms with van der Waals surface area (Å²) in [5.41, 5.74) is 0.0560. The summed E-state index contributed by atoms with van der Waals surface area (Å²) in [6.45, 7) is 9.93. The maximum absolute atomic E-state index is 9.80. The minimum Gasteiger partial charge on any atom is -0.396 e. The predicted molar refractivity (Wildman–Crippen MR) is 82.7 cm³/mol. The van der Waals surface area contributed by atoms with Crippen molar-refractivity contribution in [2.24, 2.45) is 23.2 Å². The Kier molecular flexibility index (Phi) is 5.88. The van der Waals surface area contributed by atoms with Crippen molar-refractivity contribution in [3.05, 3.63) is 0 Å². The molecule has 0 spiro atoms. The number of aliphatic hydroxyl groups excluding tert-OH is 1. The van der Waals surface area contributed by atoms with Crippen LogP contribution in [0.3, 0.4) is 0 Å². The first-order chi connectivity index (χ1) is 9.56. The van der Waals surface area contributed by atoms with Gasteiger partial charge in [0.2, 0.25) is 0 Å². The van der Waals surface area contributed by atoms with Gasteiger partial charge in [-0.15, -0.1) is 0 Å². The quantitative estimate of drug-likeness (QED) is 0.815. The van der Waals surface area contributed by atoms with Crippen LogP contribution in [0.4, 0.5) is 0 Å². The molecule has 1 saturated carbocycles. The summed E-state index contributed by atoms with van der Waals surface area (Å²) in [4.78, 5) is 0. The highest BCUT2D eigenvalue weighted by Crippen LogP contribution is 2.35. The maximum atomic E-state index is 9.80. The molecular weight excluding hydrogens is 250 g/mol. The highest BCUT2D eigenvalue weighted by atomic mass is 16.5. The second kappa shape index (κ2) is 7.24. The second-order valence-corrected chi connectivity index (χ2v) is 7.58. The lowest BCUT2D eigenvalue weighted by Crippen LogP contribution is -2.49. The van der Waals surface area contributed by atoms with E-state index in [0.29, 0.717) is 6.04 Å². The summed E-state index contributed by atoms with van der Waals surface area (Å²) < 4.78 is 5.46. The lowest BCUT2D eigenvalue weighted by Gasteiger charge is -2.42. The van der Waals surface area contributed by atoms with E-state index in [1.807, 2.05) is 0 Å². The molecule has 0 aromatic rings. The van der Waals surface area contributed by atoms with Gasteiger partial charge in [-0.25, -0.2) is 0 Å². The van der Waals surface area contributed by atoms with E-state index in [0.717, 1.165) is 50.4 Å². The molecule has 0 radical (unpaired) electrons. The molecule has 1 heterocycles. The van der Waals surface area contributed by atoms with Crippen LogP contribution in [-0.4, -0.2) is 37.5 Å². The van der Waals surface area contributed by atoms with Gasteiger partial charge in [0.05, 0.1) is 6.61 Å². The highest BCUT2D eigenvalue weighted by Gasteiger charge is 2.35. The number of ether oxygens (including phenoxy) is 1. The molecule has 0 aromatic heterocycles. The van der Waals surface area contributed by atoms with E-state index in [9.17, 15) is 5.11 Å². The molecule has 2 fully saturated rings. The molecule has 0 bridgehead atoms. The van der Waals surface area contributed by atoms with Crippen LogP contribution in [0.25, 0.3) is 0 Å². The highest BCUT2D eigenvalue weighted by molar-refractivity contribution is 4.90. The Balaban J connectivity index is 1.92. The number of aliphatic hydroxyl groups is 1. The first-order valence-electron chi connectivity index (χ1n) is 8.48. The summed E-state index contributed by atoms with van der Waals surface area (Å²) >= 11 is 0. The van der Waals surface area contributed by atoms with E-state index in [1.54, 1.807) is 0 Å². The van der Waals surface area contributed by atoms with Crippen molar-refractivity contribution in [2.45, 2.75) is 58.9 Å². The van der Waals surface area contributed by atoms with Crippen molar-refractivity contribution in [3.8, 4) is 0 Å². The zero-order chi connectivity index (χ0) is 14.6. The van der Waals surface area contributed by atoms with Gasteiger partial charge in [-0.3, -0.25) is 0 Å². The summed E-state index contributed by atoms with van der Waals surface area (Å²) in [5.74, 6) is 2.38. The normalized spacial score (nSPS) is 34.4. The maximum Gasteiger partial charge on any atom is 0.0501 e. The smallest absolute Gasteiger partial charge is 0.0501 e. The van der Waals surface area contributed by atoms with Crippen molar-refractivity contribution >= 4 is 0 Å². The fraction of sp³-hybridized carbons (Fsp3) is 1.00. The molecule has 0 aromatic carbocycles. The first-order valence-corrected chi connectivity index (χ1v) is 8.48. The van der Waals surface area contributed by atoms with Gasteiger partial charge in [0.25, 0.3) is 0 Å². The molecule has 2 N–H and O–H groups in total. The molecular formula is C17H33NO2. The molecule has 3 unspecified atom stereocenters. The Labute approximate surface area is 124 Å². The van der Waals surface area contributed by atoms with Gasteiger partial charge in [-0.2, -0.15) is 0 Å². The van der Waals surface area contributed by atoms with Gasteiger partial charge in [0.1, 0.15) is 0 Å². The van der Waals surface area contributed by atoms with Gasteiger partial charge >= 0.3 is 0 Å². The lowest BCUT2D eigenvalue weighted by atomic mass is 9.73. The predicted octanol–water partition coefficient (Wildman–Crippen LogP) is 2.83. The van der Waals surface area contributed by atoms with Crippen molar-refractivity contribution < 1.29 is 9.84 Å². The summed E-state index contributed by atoms with van der Waals surface area (Å²) in [5, 5.41) is 13.6. The molecule has 3 nitrogen and oxygen atoms in total. The summed E-state index contributed by atoms with van der Waals surface area (Å²) in [6.07, 6.45) is 6.00. The third-order valence-corrected chi connectivity index (χ3v) is 5.65. The Morgan fingerprint density at radius 2 is 1.95 bits per heavy atom. The molecule has 1 aliphatic carbocycles. The Morgan fingerprint density at radius 1 is 1.25 bits per heavy atom. The van der Waals surface area contributed by atoms with Crippen LogP contribution in [0.1, 0.15) is 52.9 Å². The van der Waals surface area contributed by atoms with Crippen LogP contribution in [-0.2, 0) is 4.74 Å². The van der Waals surface area contributed by atoms with Crippen LogP contribution < -0.4 is 5.32 Å². The van der Waals surface area contributed by atoms with Gasteiger partial charge in [-0.05, 0) is 43.4 Å². The molecule has 118 valence electrons. The fourth-order valence-electron chi connectivity index (χ4n) is 3.98. The third kappa shape index (κ3) is 3.96. The molecule has 20 heavy (non-hydrogen) atoms. The van der Waals surface area contributed by atoms with Crippen molar-refractivity contribution in [2.75, 3.05) is 26.4 Å². The van der Waals surface area contributed by atoms with Gasteiger partial charge < -0.3 is 15.2 Å². The Morgan fingerprint density at radius 3 is 2.55 bits per heavy atom. The zero-order valence-corrected chi connectivity index (χ0v) is 13.5. The van der Waals surface area contributed by atoms with Crippen molar-refractivity contribution in [1.29, 1.82) is 0 Å². The second-order valence-electron chi connectivity index (χ2n) is 7.58. The fourth-order valence-corrected chi connectivity index (χ4v) is 3.98. The molecule has 1 aliphatic heterocycles. The third-order valence-electron chi connectivity index (χ3n) is 5.65. The Bertz CT molecular complexity index is 287. The molecule has 0 amide bonds. The van der Waals surface area contributed by atoms with Crippen LogP contribution >= 0.6 is 0 Å². The molecule has 1 saturated heterocycles. The SMILES string of the molecule is CC1CCC(C(C)C)C(NCC2(CO)CCOCC2)C1. The minimum absolute atomic E-state index is 0.0560. The Hall–Kier alpha value is -0.120.